The number of amides is 2. The van der Waals surface area contributed by atoms with Gasteiger partial charge in [0.2, 0.25) is 0 Å². The molecule has 2 saturated carbocycles. The number of nitrogens with zero attached hydrogens (tertiary/aromatic N) is 1. The molecule has 2 amide bonds. The normalized spacial score (nSPS) is 20.8. The Kier molecular flexibility index (Phi) is 5.85. The molecule has 120 valence electrons. The number of carboxylic acids is 1. The third-order valence-electron chi connectivity index (χ3n) is 4.51. The Bertz CT molecular complexity index is 365. The van der Waals surface area contributed by atoms with Crippen LogP contribution in [0.2, 0.25) is 0 Å². The second-order valence-corrected chi connectivity index (χ2v) is 6.20. The largest absolute Gasteiger partial charge is 0.481 e. The van der Waals surface area contributed by atoms with Crippen LogP contribution in [-0.4, -0.2) is 52.3 Å². The van der Waals surface area contributed by atoms with Crippen LogP contribution < -0.4 is 5.32 Å². The highest BCUT2D eigenvalue weighted by molar-refractivity contribution is 5.76. The predicted molar refractivity (Wildman–Crippen MR) is 78.0 cm³/mol. The summed E-state index contributed by atoms with van der Waals surface area (Å²) in [6.07, 6.45) is 7.33. The molecule has 1 atom stereocenters. The zero-order chi connectivity index (χ0) is 15.2. The van der Waals surface area contributed by atoms with Gasteiger partial charge in [0.15, 0.2) is 0 Å². The number of urea groups is 1. The summed E-state index contributed by atoms with van der Waals surface area (Å²) in [5, 5.41) is 21.0. The molecule has 0 aliphatic heterocycles. The molecular weight excluding hydrogens is 272 g/mol. The maximum atomic E-state index is 12.5. The molecular formula is C15H26N2O4. The lowest BCUT2D eigenvalue weighted by Crippen LogP contribution is -2.51. The van der Waals surface area contributed by atoms with Crippen molar-refractivity contribution < 1.29 is 19.8 Å². The second kappa shape index (κ2) is 7.64. The van der Waals surface area contributed by atoms with E-state index in [1.165, 1.54) is 6.42 Å². The van der Waals surface area contributed by atoms with Crippen molar-refractivity contribution in [2.45, 2.75) is 63.5 Å². The van der Waals surface area contributed by atoms with Crippen LogP contribution in [0.4, 0.5) is 4.79 Å². The van der Waals surface area contributed by atoms with Crippen LogP contribution in [0.5, 0.6) is 0 Å². The molecule has 2 aliphatic carbocycles. The first-order valence-corrected chi connectivity index (χ1v) is 8.01. The van der Waals surface area contributed by atoms with E-state index in [2.05, 4.69) is 5.32 Å². The van der Waals surface area contributed by atoms with Gasteiger partial charge in [-0.3, -0.25) is 4.79 Å². The van der Waals surface area contributed by atoms with Gasteiger partial charge < -0.3 is 20.4 Å². The van der Waals surface area contributed by atoms with E-state index >= 15 is 0 Å². The molecule has 0 aromatic carbocycles. The van der Waals surface area contributed by atoms with Crippen LogP contribution in [0, 0.1) is 5.92 Å². The topological polar surface area (TPSA) is 89.9 Å². The number of aliphatic hydroxyl groups excluding tert-OH is 1. The molecule has 0 saturated heterocycles. The van der Waals surface area contributed by atoms with Gasteiger partial charge in [0.1, 0.15) is 0 Å². The maximum absolute atomic E-state index is 12.5. The Morgan fingerprint density at radius 3 is 2.33 bits per heavy atom. The maximum Gasteiger partial charge on any atom is 0.317 e. The molecule has 0 aromatic heterocycles. The number of aliphatic carboxylic acids is 1. The minimum Gasteiger partial charge on any atom is -0.481 e. The van der Waals surface area contributed by atoms with Crippen LogP contribution in [0.1, 0.15) is 51.4 Å². The van der Waals surface area contributed by atoms with Gasteiger partial charge in [-0.2, -0.15) is 0 Å². The lowest BCUT2D eigenvalue weighted by Gasteiger charge is -2.35. The lowest BCUT2D eigenvalue weighted by molar-refractivity contribution is -0.137. The van der Waals surface area contributed by atoms with E-state index in [4.69, 9.17) is 5.11 Å². The third-order valence-corrected chi connectivity index (χ3v) is 4.51. The summed E-state index contributed by atoms with van der Waals surface area (Å²) in [6.45, 7) is 0.262. The van der Waals surface area contributed by atoms with Crippen molar-refractivity contribution in [2.75, 3.05) is 13.2 Å². The van der Waals surface area contributed by atoms with E-state index in [0.29, 0.717) is 12.5 Å². The van der Waals surface area contributed by atoms with Crippen molar-refractivity contribution in [3.8, 4) is 0 Å². The van der Waals surface area contributed by atoms with Crippen LogP contribution >= 0.6 is 0 Å². The summed E-state index contributed by atoms with van der Waals surface area (Å²) >= 11 is 0. The summed E-state index contributed by atoms with van der Waals surface area (Å²) in [5.74, 6) is -0.578. The van der Waals surface area contributed by atoms with Crippen LogP contribution in [0.25, 0.3) is 0 Å². The highest BCUT2D eigenvalue weighted by Crippen LogP contribution is 2.34. The van der Waals surface area contributed by atoms with E-state index in [1.54, 1.807) is 4.90 Å². The average Bonchev–Trinajstić information content (AvgIpc) is 3.29. The molecule has 6 nitrogen and oxygen atoms in total. The standard InChI is InChI=1S/C15H26N2O4/c18-9-8-17(12-4-2-1-3-5-12)15(21)16-13(10-14(19)20)11-6-7-11/h11-13,18H,1-10H2,(H,16,21)(H,19,20). The number of rotatable bonds is 7. The molecule has 0 spiro atoms. The lowest BCUT2D eigenvalue weighted by atomic mass is 9.94. The summed E-state index contributed by atoms with van der Waals surface area (Å²) in [5.41, 5.74) is 0. The Morgan fingerprint density at radius 1 is 1.14 bits per heavy atom. The van der Waals surface area contributed by atoms with Crippen molar-refractivity contribution in [1.29, 1.82) is 0 Å². The SMILES string of the molecule is O=C(O)CC(NC(=O)N(CCO)C1CCCCC1)C1CC1. The summed E-state index contributed by atoms with van der Waals surface area (Å²) < 4.78 is 0. The first-order valence-electron chi connectivity index (χ1n) is 8.01. The van der Waals surface area contributed by atoms with E-state index in [-0.39, 0.29) is 31.1 Å². The molecule has 6 heteroatoms. The number of aliphatic hydroxyl groups is 1. The quantitative estimate of drug-likeness (QED) is 0.665. The Hall–Kier alpha value is -1.30. The molecule has 2 aliphatic rings. The van der Waals surface area contributed by atoms with E-state index in [1.807, 2.05) is 0 Å². The molecule has 2 rings (SSSR count). The van der Waals surface area contributed by atoms with E-state index < -0.39 is 5.97 Å². The first-order chi connectivity index (χ1) is 10.1. The number of hydrogen-bond acceptors (Lipinski definition) is 3. The first kappa shape index (κ1) is 16.1. The highest BCUT2D eigenvalue weighted by atomic mass is 16.4. The number of carbonyl (C=O) groups is 2. The third kappa shape index (κ3) is 4.88. The van der Waals surface area contributed by atoms with Gasteiger partial charge in [0, 0.05) is 18.6 Å². The smallest absolute Gasteiger partial charge is 0.317 e. The zero-order valence-electron chi connectivity index (χ0n) is 12.5. The summed E-state index contributed by atoms with van der Waals surface area (Å²) in [4.78, 5) is 25.1. The molecule has 3 N–H and O–H groups in total. The van der Waals surface area contributed by atoms with Crippen molar-refractivity contribution >= 4 is 12.0 Å². The van der Waals surface area contributed by atoms with Crippen molar-refractivity contribution in [2.24, 2.45) is 5.92 Å². The fraction of sp³-hybridized carbons (Fsp3) is 0.867. The molecule has 21 heavy (non-hydrogen) atoms. The Morgan fingerprint density at radius 2 is 1.81 bits per heavy atom. The number of hydrogen-bond donors (Lipinski definition) is 3. The molecule has 0 heterocycles. The van der Waals surface area contributed by atoms with Gasteiger partial charge >= 0.3 is 12.0 Å². The van der Waals surface area contributed by atoms with E-state index in [0.717, 1.165) is 38.5 Å². The fourth-order valence-corrected chi connectivity index (χ4v) is 3.21. The van der Waals surface area contributed by atoms with Gasteiger partial charge in [-0.05, 0) is 31.6 Å². The molecule has 0 bridgehead atoms. The highest BCUT2D eigenvalue weighted by Gasteiger charge is 2.35. The summed E-state index contributed by atoms with van der Waals surface area (Å²) in [6, 6.07) is -0.315. The minimum absolute atomic E-state index is 0.0198. The second-order valence-electron chi connectivity index (χ2n) is 6.20. The fourth-order valence-electron chi connectivity index (χ4n) is 3.21. The minimum atomic E-state index is -0.876. The Labute approximate surface area is 125 Å². The van der Waals surface area contributed by atoms with Crippen molar-refractivity contribution in [3.63, 3.8) is 0 Å². The van der Waals surface area contributed by atoms with Crippen molar-refractivity contribution in [3.05, 3.63) is 0 Å². The van der Waals surface area contributed by atoms with Gasteiger partial charge in [-0.1, -0.05) is 19.3 Å². The Balaban J connectivity index is 1.94. The number of nitrogens with one attached hydrogen (secondary N) is 1. The van der Waals surface area contributed by atoms with Gasteiger partial charge in [-0.25, -0.2) is 4.79 Å². The number of carboxylic acid groups (broad SMARTS) is 1. The average molecular weight is 298 g/mol. The molecule has 0 aromatic rings. The van der Waals surface area contributed by atoms with Crippen LogP contribution in [0.15, 0.2) is 0 Å². The molecule has 0 radical (unpaired) electrons. The van der Waals surface area contributed by atoms with Crippen LogP contribution in [-0.2, 0) is 4.79 Å². The van der Waals surface area contributed by atoms with E-state index in [9.17, 15) is 14.7 Å². The van der Waals surface area contributed by atoms with Gasteiger partial charge in [-0.15, -0.1) is 0 Å². The zero-order valence-corrected chi connectivity index (χ0v) is 12.5. The number of carbonyl (C=O) groups excluding carboxylic acids is 1. The summed E-state index contributed by atoms with van der Waals surface area (Å²) in [7, 11) is 0. The van der Waals surface area contributed by atoms with Crippen LogP contribution in [0.3, 0.4) is 0 Å². The molecule has 2 fully saturated rings. The van der Waals surface area contributed by atoms with Gasteiger partial charge in [0.25, 0.3) is 0 Å². The predicted octanol–water partition coefficient (Wildman–Crippen LogP) is 1.58. The monoisotopic (exact) mass is 298 g/mol. The molecule has 1 unspecified atom stereocenters. The van der Waals surface area contributed by atoms with Gasteiger partial charge in [0.05, 0.1) is 13.0 Å². The van der Waals surface area contributed by atoms with Crippen molar-refractivity contribution in [1.82, 2.24) is 10.2 Å².